The van der Waals surface area contributed by atoms with E-state index in [1.807, 2.05) is 37.3 Å². The van der Waals surface area contributed by atoms with Crippen LogP contribution in [0.2, 0.25) is 0 Å². The molecule has 1 aliphatic rings. The van der Waals surface area contributed by atoms with E-state index in [1.165, 1.54) is 18.3 Å². The first kappa shape index (κ1) is 20.6. The van der Waals surface area contributed by atoms with Gasteiger partial charge in [0.05, 0.1) is 6.04 Å². The van der Waals surface area contributed by atoms with Gasteiger partial charge in [0.1, 0.15) is 5.56 Å². The van der Waals surface area contributed by atoms with Gasteiger partial charge in [-0.05, 0) is 24.6 Å². The average molecular weight is 407 g/mol. The number of benzene rings is 1. The summed E-state index contributed by atoms with van der Waals surface area (Å²) in [6.45, 7) is 0.691. The number of alkyl halides is 3. The van der Waals surface area contributed by atoms with Gasteiger partial charge in [-0.2, -0.15) is 13.2 Å². The maximum Gasteiger partial charge on any atom is 0.422 e. The molecule has 1 aromatic carbocycles. The predicted octanol–water partition coefficient (Wildman–Crippen LogP) is 2.94. The van der Waals surface area contributed by atoms with Gasteiger partial charge in [0.25, 0.3) is 5.91 Å². The van der Waals surface area contributed by atoms with Crippen molar-refractivity contribution in [1.29, 1.82) is 0 Å². The molecule has 2 atom stereocenters. The zero-order valence-corrected chi connectivity index (χ0v) is 15.6. The van der Waals surface area contributed by atoms with Crippen LogP contribution in [0.25, 0.3) is 0 Å². The number of rotatable bonds is 6. The zero-order valence-electron chi connectivity index (χ0n) is 15.6. The number of carbonyl (C=O) groups is 2. The summed E-state index contributed by atoms with van der Waals surface area (Å²) in [4.78, 5) is 30.4. The lowest BCUT2D eigenvalue weighted by Gasteiger charge is -2.25. The number of aromatic nitrogens is 1. The van der Waals surface area contributed by atoms with Crippen molar-refractivity contribution in [3.63, 3.8) is 0 Å². The molecule has 1 aliphatic heterocycles. The summed E-state index contributed by atoms with van der Waals surface area (Å²) in [5, 5.41) is 2.73. The lowest BCUT2D eigenvalue weighted by Crippen LogP contribution is -2.43. The van der Waals surface area contributed by atoms with E-state index < -0.39 is 30.6 Å². The average Bonchev–Trinajstić information content (AvgIpc) is 2.94. The Kier molecular flexibility index (Phi) is 6.05. The highest BCUT2D eigenvalue weighted by molar-refractivity contribution is 5.97. The Bertz CT molecular complexity index is 874. The van der Waals surface area contributed by atoms with Crippen molar-refractivity contribution in [3.05, 3.63) is 59.8 Å². The second-order valence-corrected chi connectivity index (χ2v) is 6.79. The van der Waals surface area contributed by atoms with E-state index in [0.717, 1.165) is 5.56 Å². The molecule has 0 aliphatic carbocycles. The first-order chi connectivity index (χ1) is 13.7. The number of pyridine rings is 1. The van der Waals surface area contributed by atoms with Crippen molar-refractivity contribution in [2.75, 3.05) is 6.61 Å². The molecule has 1 N–H and O–H groups in total. The second-order valence-electron chi connectivity index (χ2n) is 6.79. The van der Waals surface area contributed by atoms with Crippen molar-refractivity contribution in [2.45, 2.75) is 38.1 Å². The van der Waals surface area contributed by atoms with Gasteiger partial charge in [-0.3, -0.25) is 9.59 Å². The molecule has 0 saturated carbocycles. The van der Waals surface area contributed by atoms with E-state index in [9.17, 15) is 22.8 Å². The van der Waals surface area contributed by atoms with Gasteiger partial charge in [0.2, 0.25) is 11.8 Å². The van der Waals surface area contributed by atoms with Gasteiger partial charge < -0.3 is 15.0 Å². The third-order valence-corrected chi connectivity index (χ3v) is 4.69. The maximum atomic E-state index is 12.6. The molecular weight excluding hydrogens is 387 g/mol. The van der Waals surface area contributed by atoms with Gasteiger partial charge in [0.15, 0.2) is 6.61 Å². The topological polar surface area (TPSA) is 71.5 Å². The van der Waals surface area contributed by atoms with Gasteiger partial charge in [-0.1, -0.05) is 30.3 Å². The highest BCUT2D eigenvalue weighted by atomic mass is 19.4. The van der Waals surface area contributed by atoms with Crippen LogP contribution in [0.15, 0.2) is 48.7 Å². The van der Waals surface area contributed by atoms with Gasteiger partial charge in [0, 0.05) is 25.2 Å². The minimum atomic E-state index is -4.55. The predicted molar refractivity (Wildman–Crippen MR) is 98.1 cm³/mol. The van der Waals surface area contributed by atoms with E-state index >= 15 is 0 Å². The van der Waals surface area contributed by atoms with Crippen molar-refractivity contribution >= 4 is 11.8 Å². The maximum absolute atomic E-state index is 12.6. The highest BCUT2D eigenvalue weighted by Gasteiger charge is 2.38. The quantitative estimate of drug-likeness (QED) is 0.799. The minimum Gasteiger partial charge on any atom is -0.467 e. The van der Waals surface area contributed by atoms with E-state index in [0.29, 0.717) is 6.54 Å². The number of amides is 2. The zero-order chi connectivity index (χ0) is 21.0. The van der Waals surface area contributed by atoms with Crippen LogP contribution in [-0.2, 0) is 11.3 Å². The van der Waals surface area contributed by atoms with Crippen LogP contribution < -0.4 is 10.1 Å². The molecule has 6 nitrogen and oxygen atoms in total. The molecule has 154 valence electrons. The number of hydrogen-bond acceptors (Lipinski definition) is 4. The molecule has 2 heterocycles. The van der Waals surface area contributed by atoms with Crippen molar-refractivity contribution in [3.8, 4) is 5.88 Å². The molecule has 1 aromatic heterocycles. The minimum absolute atomic E-state index is 0.105. The molecule has 0 radical (unpaired) electrons. The van der Waals surface area contributed by atoms with Gasteiger partial charge in [-0.25, -0.2) is 4.98 Å². The van der Waals surface area contributed by atoms with Gasteiger partial charge in [-0.15, -0.1) is 0 Å². The van der Waals surface area contributed by atoms with E-state index in [4.69, 9.17) is 0 Å². The largest absolute Gasteiger partial charge is 0.467 e. The Labute approximate surface area is 165 Å². The summed E-state index contributed by atoms with van der Waals surface area (Å²) in [7, 11) is 0. The second kappa shape index (κ2) is 8.50. The number of nitrogens with one attached hydrogen (secondary N) is 1. The first-order valence-electron chi connectivity index (χ1n) is 9.03. The Morgan fingerprint density at radius 2 is 1.97 bits per heavy atom. The monoisotopic (exact) mass is 407 g/mol. The van der Waals surface area contributed by atoms with Crippen LogP contribution in [0.1, 0.15) is 29.3 Å². The van der Waals surface area contributed by atoms with Crippen LogP contribution in [-0.4, -0.2) is 46.6 Å². The number of carbonyl (C=O) groups excluding carboxylic acids is 2. The Hall–Kier alpha value is -3.10. The lowest BCUT2D eigenvalue weighted by atomic mass is 10.1. The van der Waals surface area contributed by atoms with E-state index in [-0.39, 0.29) is 23.9 Å². The molecule has 29 heavy (non-hydrogen) atoms. The number of ether oxygens (including phenoxy) is 1. The Morgan fingerprint density at radius 3 is 2.66 bits per heavy atom. The van der Waals surface area contributed by atoms with E-state index in [2.05, 4.69) is 15.0 Å². The Balaban J connectivity index is 1.67. The third-order valence-electron chi connectivity index (χ3n) is 4.69. The molecule has 0 spiro atoms. The lowest BCUT2D eigenvalue weighted by molar-refractivity contribution is -0.154. The van der Waals surface area contributed by atoms with E-state index in [1.54, 1.807) is 4.90 Å². The standard InChI is InChI=1S/C20H20F3N3O3/c1-13-16(10-17(27)26(13)11-14-6-3-2-4-7-14)25-18(28)15-8-5-9-24-19(15)29-12-20(21,22)23/h2-9,13,16H,10-12H2,1H3,(H,25,28)/t13-,16-/m0/s1. The fraction of sp³-hybridized carbons (Fsp3) is 0.350. The molecule has 0 bridgehead atoms. The van der Waals surface area contributed by atoms with Crippen molar-refractivity contribution in [1.82, 2.24) is 15.2 Å². The fourth-order valence-electron chi connectivity index (χ4n) is 3.18. The third kappa shape index (κ3) is 5.24. The van der Waals surface area contributed by atoms with Crippen LogP contribution in [0.4, 0.5) is 13.2 Å². The molecular formula is C20H20F3N3O3. The number of nitrogens with zero attached hydrogens (tertiary/aromatic N) is 2. The van der Waals surface area contributed by atoms with Crippen LogP contribution in [0.5, 0.6) is 5.88 Å². The summed E-state index contributed by atoms with van der Waals surface area (Å²) >= 11 is 0. The SMILES string of the molecule is C[C@H]1[C@@H](NC(=O)c2cccnc2OCC(F)(F)F)CC(=O)N1Cc1ccccc1. The highest BCUT2D eigenvalue weighted by Crippen LogP contribution is 2.24. The normalized spacial score (nSPS) is 19.3. The molecule has 2 amide bonds. The summed E-state index contributed by atoms with van der Waals surface area (Å²) in [5.74, 6) is -1.15. The Morgan fingerprint density at radius 1 is 1.24 bits per heavy atom. The van der Waals surface area contributed by atoms with Gasteiger partial charge >= 0.3 is 6.18 Å². The molecule has 3 rings (SSSR count). The van der Waals surface area contributed by atoms with Crippen molar-refractivity contribution < 1.29 is 27.5 Å². The molecule has 0 unspecified atom stereocenters. The first-order valence-corrected chi connectivity index (χ1v) is 9.03. The smallest absolute Gasteiger partial charge is 0.422 e. The van der Waals surface area contributed by atoms with Crippen molar-refractivity contribution in [2.24, 2.45) is 0 Å². The molecule has 1 fully saturated rings. The summed E-state index contributed by atoms with van der Waals surface area (Å²) in [6.07, 6.45) is -3.19. The summed E-state index contributed by atoms with van der Waals surface area (Å²) < 4.78 is 41.9. The number of hydrogen-bond donors (Lipinski definition) is 1. The van der Waals surface area contributed by atoms with Crippen LogP contribution >= 0.6 is 0 Å². The molecule has 1 saturated heterocycles. The molecule has 9 heteroatoms. The number of halogens is 3. The van der Waals surface area contributed by atoms with Crippen LogP contribution in [0.3, 0.4) is 0 Å². The fourth-order valence-corrected chi connectivity index (χ4v) is 3.18. The summed E-state index contributed by atoms with van der Waals surface area (Å²) in [5.41, 5.74) is 0.854. The summed E-state index contributed by atoms with van der Waals surface area (Å²) in [6, 6.07) is 11.5. The number of likely N-dealkylation sites (tertiary alicyclic amines) is 1. The van der Waals surface area contributed by atoms with Crippen LogP contribution in [0, 0.1) is 0 Å². The molecule has 2 aromatic rings.